The zero-order chi connectivity index (χ0) is 15.7. The van der Waals surface area contributed by atoms with Crippen molar-refractivity contribution in [2.24, 2.45) is 5.14 Å². The maximum Gasteiger partial charge on any atom is 0.238 e. The summed E-state index contributed by atoms with van der Waals surface area (Å²) in [6.07, 6.45) is 8.48. The molecule has 0 atom stereocenters. The molecule has 0 amide bonds. The van der Waals surface area contributed by atoms with Crippen LogP contribution in [0.1, 0.15) is 51.9 Å². The van der Waals surface area contributed by atoms with Crippen LogP contribution in [0.2, 0.25) is 5.02 Å². The molecule has 0 spiro atoms. The first-order chi connectivity index (χ1) is 9.95. The van der Waals surface area contributed by atoms with Crippen LogP contribution >= 0.6 is 11.6 Å². The lowest BCUT2D eigenvalue weighted by atomic mass is 10.1. The maximum atomic E-state index is 11.2. The quantitative estimate of drug-likeness (QED) is 0.655. The van der Waals surface area contributed by atoms with E-state index in [-0.39, 0.29) is 9.92 Å². The molecule has 2 N–H and O–H groups in total. The molecule has 0 heterocycles. The average Bonchev–Trinajstić information content (AvgIpc) is 2.42. The Hall–Kier alpha value is -0.780. The van der Waals surface area contributed by atoms with Crippen LogP contribution in [-0.4, -0.2) is 15.0 Å². The van der Waals surface area contributed by atoms with Gasteiger partial charge in [0.05, 0.1) is 16.5 Å². The molecule has 120 valence electrons. The molecule has 21 heavy (non-hydrogen) atoms. The van der Waals surface area contributed by atoms with Crippen molar-refractivity contribution in [2.45, 2.75) is 56.8 Å². The van der Waals surface area contributed by atoms with Gasteiger partial charge in [0.25, 0.3) is 0 Å². The predicted molar refractivity (Wildman–Crippen MR) is 86.3 cm³/mol. The highest BCUT2D eigenvalue weighted by Gasteiger charge is 2.11. The first kappa shape index (κ1) is 18.3. The van der Waals surface area contributed by atoms with Crippen LogP contribution in [0.4, 0.5) is 0 Å². The fraction of sp³-hybridized carbons (Fsp3) is 0.600. The average molecular weight is 334 g/mol. The van der Waals surface area contributed by atoms with E-state index in [1.165, 1.54) is 44.2 Å². The molecule has 4 nitrogen and oxygen atoms in total. The van der Waals surface area contributed by atoms with Gasteiger partial charge in [-0.2, -0.15) is 0 Å². The van der Waals surface area contributed by atoms with E-state index < -0.39 is 10.0 Å². The first-order valence-corrected chi connectivity index (χ1v) is 9.32. The van der Waals surface area contributed by atoms with Gasteiger partial charge in [-0.25, -0.2) is 13.6 Å². The Morgan fingerprint density at radius 3 is 2.29 bits per heavy atom. The van der Waals surface area contributed by atoms with E-state index in [0.29, 0.717) is 12.4 Å². The Kier molecular flexibility index (Phi) is 8.07. The van der Waals surface area contributed by atoms with Gasteiger partial charge in [0.15, 0.2) is 0 Å². The normalized spacial score (nSPS) is 11.6. The minimum absolute atomic E-state index is 0.00391. The molecule has 0 radical (unpaired) electrons. The standard InChI is InChI=1S/C15H24ClNO3S/c1-2-3-4-5-6-7-8-11-20-15-10-9-13(12-14(15)16)21(17,18)19/h9-10,12H,2-8,11H2,1H3,(H2,17,18,19). The molecule has 1 aromatic rings. The largest absolute Gasteiger partial charge is 0.492 e. The summed E-state index contributed by atoms with van der Waals surface area (Å²) < 4.78 is 27.9. The van der Waals surface area contributed by atoms with Crippen LogP contribution in [-0.2, 0) is 10.0 Å². The summed E-state index contributed by atoms with van der Waals surface area (Å²) in [5, 5.41) is 5.31. The fourth-order valence-corrected chi connectivity index (χ4v) is 2.86. The van der Waals surface area contributed by atoms with Crippen LogP contribution in [0.5, 0.6) is 5.75 Å². The Labute approximate surface area is 132 Å². The SMILES string of the molecule is CCCCCCCCCOc1ccc(S(N)(=O)=O)cc1Cl. The van der Waals surface area contributed by atoms with E-state index in [9.17, 15) is 8.42 Å². The summed E-state index contributed by atoms with van der Waals surface area (Å²) in [5.74, 6) is 0.495. The number of hydrogen-bond acceptors (Lipinski definition) is 3. The summed E-state index contributed by atoms with van der Waals surface area (Å²) in [6.45, 7) is 2.79. The number of unbranched alkanes of at least 4 members (excludes halogenated alkanes) is 6. The van der Waals surface area contributed by atoms with Gasteiger partial charge in [0.1, 0.15) is 5.75 Å². The number of halogens is 1. The fourth-order valence-electron chi connectivity index (χ4n) is 2.02. The van der Waals surface area contributed by atoms with Crippen molar-refractivity contribution < 1.29 is 13.2 Å². The smallest absolute Gasteiger partial charge is 0.238 e. The van der Waals surface area contributed by atoms with Gasteiger partial charge < -0.3 is 4.74 Å². The molecular weight excluding hydrogens is 310 g/mol. The summed E-state index contributed by atoms with van der Waals surface area (Å²) >= 11 is 5.99. The predicted octanol–water partition coefficient (Wildman–Crippen LogP) is 4.12. The molecule has 0 aliphatic heterocycles. The van der Waals surface area contributed by atoms with Crippen molar-refractivity contribution in [3.8, 4) is 5.75 Å². The van der Waals surface area contributed by atoms with Gasteiger partial charge in [-0.05, 0) is 24.6 Å². The van der Waals surface area contributed by atoms with Gasteiger partial charge in [0.2, 0.25) is 10.0 Å². The van der Waals surface area contributed by atoms with Crippen molar-refractivity contribution >= 4 is 21.6 Å². The molecule has 0 aromatic heterocycles. The summed E-state index contributed by atoms with van der Waals surface area (Å²) in [4.78, 5) is -0.00391. The lowest BCUT2D eigenvalue weighted by Gasteiger charge is -2.09. The van der Waals surface area contributed by atoms with Gasteiger partial charge in [-0.1, -0.05) is 57.0 Å². The van der Waals surface area contributed by atoms with E-state index in [2.05, 4.69) is 6.92 Å². The number of sulfonamides is 1. The molecule has 6 heteroatoms. The Morgan fingerprint density at radius 2 is 1.71 bits per heavy atom. The molecule has 0 saturated carbocycles. The second-order valence-electron chi connectivity index (χ2n) is 5.11. The third-order valence-corrected chi connectivity index (χ3v) is 4.44. The van der Waals surface area contributed by atoms with Crippen molar-refractivity contribution in [1.82, 2.24) is 0 Å². The van der Waals surface area contributed by atoms with Crippen molar-refractivity contribution in [1.29, 1.82) is 0 Å². The second kappa shape index (κ2) is 9.28. The Morgan fingerprint density at radius 1 is 1.10 bits per heavy atom. The molecule has 0 bridgehead atoms. The minimum Gasteiger partial charge on any atom is -0.492 e. The molecule has 0 aliphatic carbocycles. The van der Waals surface area contributed by atoms with E-state index in [1.54, 1.807) is 6.07 Å². The third-order valence-electron chi connectivity index (χ3n) is 3.24. The third kappa shape index (κ3) is 7.16. The zero-order valence-electron chi connectivity index (χ0n) is 12.5. The highest BCUT2D eigenvalue weighted by atomic mass is 35.5. The molecule has 1 rings (SSSR count). The van der Waals surface area contributed by atoms with Gasteiger partial charge in [-0.3, -0.25) is 0 Å². The lowest BCUT2D eigenvalue weighted by Crippen LogP contribution is -2.12. The zero-order valence-corrected chi connectivity index (χ0v) is 14.0. The molecule has 0 unspecified atom stereocenters. The number of ether oxygens (including phenoxy) is 1. The molecule has 1 aromatic carbocycles. The maximum absolute atomic E-state index is 11.2. The highest BCUT2D eigenvalue weighted by molar-refractivity contribution is 7.89. The molecule has 0 fully saturated rings. The van der Waals surface area contributed by atoms with E-state index >= 15 is 0 Å². The molecular formula is C15H24ClNO3S. The topological polar surface area (TPSA) is 69.4 Å². The monoisotopic (exact) mass is 333 g/mol. The van der Waals surface area contributed by atoms with Crippen LogP contribution in [0.25, 0.3) is 0 Å². The molecule has 0 aliphatic rings. The first-order valence-electron chi connectivity index (χ1n) is 7.40. The van der Waals surface area contributed by atoms with E-state index in [1.807, 2.05) is 0 Å². The summed E-state index contributed by atoms with van der Waals surface area (Å²) in [7, 11) is -3.72. The van der Waals surface area contributed by atoms with Crippen LogP contribution in [0.3, 0.4) is 0 Å². The van der Waals surface area contributed by atoms with E-state index in [4.69, 9.17) is 21.5 Å². The number of primary sulfonamides is 1. The van der Waals surface area contributed by atoms with Crippen LogP contribution in [0, 0.1) is 0 Å². The Balaban J connectivity index is 2.30. The Bertz CT molecular complexity index is 532. The van der Waals surface area contributed by atoms with Crippen LogP contribution < -0.4 is 9.88 Å². The number of nitrogens with two attached hydrogens (primary N) is 1. The van der Waals surface area contributed by atoms with Gasteiger partial charge in [0, 0.05) is 0 Å². The van der Waals surface area contributed by atoms with Crippen molar-refractivity contribution in [3.63, 3.8) is 0 Å². The molecule has 0 saturated heterocycles. The number of benzene rings is 1. The van der Waals surface area contributed by atoms with Crippen molar-refractivity contribution in [2.75, 3.05) is 6.61 Å². The lowest BCUT2D eigenvalue weighted by molar-refractivity contribution is 0.304. The van der Waals surface area contributed by atoms with Gasteiger partial charge in [-0.15, -0.1) is 0 Å². The van der Waals surface area contributed by atoms with E-state index in [0.717, 1.165) is 12.8 Å². The van der Waals surface area contributed by atoms with Gasteiger partial charge >= 0.3 is 0 Å². The van der Waals surface area contributed by atoms with Crippen LogP contribution in [0.15, 0.2) is 23.1 Å². The minimum atomic E-state index is -3.72. The number of hydrogen-bond donors (Lipinski definition) is 1. The highest BCUT2D eigenvalue weighted by Crippen LogP contribution is 2.27. The summed E-state index contributed by atoms with van der Waals surface area (Å²) in [5.41, 5.74) is 0. The summed E-state index contributed by atoms with van der Waals surface area (Å²) in [6, 6.07) is 4.27. The van der Waals surface area contributed by atoms with Crippen molar-refractivity contribution in [3.05, 3.63) is 23.2 Å². The number of rotatable bonds is 10. The second-order valence-corrected chi connectivity index (χ2v) is 7.08.